The van der Waals surface area contributed by atoms with Gasteiger partial charge in [-0.25, -0.2) is 0 Å². The van der Waals surface area contributed by atoms with Crippen LogP contribution in [0.3, 0.4) is 0 Å². The van der Waals surface area contributed by atoms with Crippen LogP contribution in [0.15, 0.2) is 0 Å². The lowest BCUT2D eigenvalue weighted by atomic mass is 10.0. The van der Waals surface area contributed by atoms with E-state index in [0.717, 1.165) is 6.54 Å². The van der Waals surface area contributed by atoms with Crippen molar-refractivity contribution in [1.82, 2.24) is 5.32 Å². The number of nitrogens with one attached hydrogen (secondary N) is 1. The predicted molar refractivity (Wildman–Crippen MR) is 69.8 cm³/mol. The summed E-state index contributed by atoms with van der Waals surface area (Å²) < 4.78 is 6.00. The van der Waals surface area contributed by atoms with Crippen LogP contribution in [-0.4, -0.2) is 24.3 Å². The Morgan fingerprint density at radius 2 is 2.12 bits per heavy atom. The Morgan fingerprint density at radius 1 is 1.38 bits per heavy atom. The highest BCUT2D eigenvalue weighted by Crippen LogP contribution is 2.31. The molecule has 0 bridgehead atoms. The first-order valence-electron chi connectivity index (χ1n) is 6.98. The van der Waals surface area contributed by atoms with E-state index < -0.39 is 0 Å². The van der Waals surface area contributed by atoms with E-state index in [0.29, 0.717) is 12.1 Å². The summed E-state index contributed by atoms with van der Waals surface area (Å²) in [5.41, 5.74) is 0.135. The van der Waals surface area contributed by atoms with Crippen LogP contribution in [0.5, 0.6) is 0 Å². The first kappa shape index (κ1) is 14.0. The minimum Gasteiger partial charge on any atom is -0.372 e. The third kappa shape index (κ3) is 4.84. The van der Waals surface area contributed by atoms with Gasteiger partial charge >= 0.3 is 0 Å². The SMILES string of the molecule is CCNC(CC)CCCC1CCC(C)(C)O1. The second-order valence-electron chi connectivity index (χ2n) is 5.63. The van der Waals surface area contributed by atoms with Crippen LogP contribution in [0.1, 0.15) is 66.2 Å². The van der Waals surface area contributed by atoms with Gasteiger partial charge in [-0.1, -0.05) is 13.8 Å². The Labute approximate surface area is 101 Å². The molecule has 1 fully saturated rings. The van der Waals surface area contributed by atoms with Gasteiger partial charge in [0.15, 0.2) is 0 Å². The summed E-state index contributed by atoms with van der Waals surface area (Å²) in [7, 11) is 0. The molecule has 0 aliphatic carbocycles. The minimum atomic E-state index is 0.135. The van der Waals surface area contributed by atoms with Crippen LogP contribution in [-0.2, 0) is 4.74 Å². The quantitative estimate of drug-likeness (QED) is 0.718. The average Bonchev–Trinajstić information content (AvgIpc) is 2.57. The number of rotatable bonds is 7. The molecular formula is C14H29NO. The van der Waals surface area contributed by atoms with Crippen molar-refractivity contribution in [3.05, 3.63) is 0 Å². The van der Waals surface area contributed by atoms with Gasteiger partial charge in [0.2, 0.25) is 0 Å². The van der Waals surface area contributed by atoms with Gasteiger partial charge in [-0.2, -0.15) is 0 Å². The predicted octanol–water partition coefficient (Wildman–Crippen LogP) is 3.50. The van der Waals surface area contributed by atoms with Crippen LogP contribution in [0.2, 0.25) is 0 Å². The van der Waals surface area contributed by atoms with E-state index in [-0.39, 0.29) is 5.60 Å². The zero-order valence-corrected chi connectivity index (χ0v) is 11.5. The van der Waals surface area contributed by atoms with E-state index in [4.69, 9.17) is 4.74 Å². The molecule has 1 saturated heterocycles. The monoisotopic (exact) mass is 227 g/mol. The van der Waals surface area contributed by atoms with E-state index in [2.05, 4.69) is 33.0 Å². The molecule has 0 aromatic rings. The van der Waals surface area contributed by atoms with E-state index in [1.54, 1.807) is 0 Å². The summed E-state index contributed by atoms with van der Waals surface area (Å²) in [5.74, 6) is 0. The summed E-state index contributed by atoms with van der Waals surface area (Å²) in [6, 6.07) is 0.708. The number of hydrogen-bond donors (Lipinski definition) is 1. The van der Waals surface area contributed by atoms with Crippen molar-refractivity contribution < 1.29 is 4.74 Å². The topological polar surface area (TPSA) is 21.3 Å². The highest BCUT2D eigenvalue weighted by Gasteiger charge is 2.30. The van der Waals surface area contributed by atoms with Crippen LogP contribution in [0, 0.1) is 0 Å². The zero-order valence-electron chi connectivity index (χ0n) is 11.5. The van der Waals surface area contributed by atoms with Gasteiger partial charge in [0.1, 0.15) is 0 Å². The molecule has 0 aromatic heterocycles. The summed E-state index contributed by atoms with van der Waals surface area (Å²) in [4.78, 5) is 0. The van der Waals surface area contributed by atoms with E-state index >= 15 is 0 Å². The Bertz CT molecular complexity index is 191. The molecule has 2 unspecified atom stereocenters. The van der Waals surface area contributed by atoms with Gasteiger partial charge in [0.05, 0.1) is 11.7 Å². The molecule has 0 radical (unpaired) electrons. The summed E-state index contributed by atoms with van der Waals surface area (Å²) in [5, 5.41) is 3.53. The fourth-order valence-corrected chi connectivity index (χ4v) is 2.61. The van der Waals surface area contributed by atoms with Crippen LogP contribution in [0.25, 0.3) is 0 Å². The largest absolute Gasteiger partial charge is 0.372 e. The molecule has 1 rings (SSSR count). The van der Waals surface area contributed by atoms with Gasteiger partial charge in [-0.05, 0) is 58.9 Å². The van der Waals surface area contributed by atoms with Crippen molar-refractivity contribution in [2.75, 3.05) is 6.54 Å². The van der Waals surface area contributed by atoms with E-state index in [1.807, 2.05) is 0 Å². The van der Waals surface area contributed by atoms with Gasteiger partial charge in [-0.15, -0.1) is 0 Å². The normalized spacial score (nSPS) is 25.9. The lowest BCUT2D eigenvalue weighted by Gasteiger charge is -2.20. The lowest BCUT2D eigenvalue weighted by Crippen LogP contribution is -2.28. The Hall–Kier alpha value is -0.0800. The third-order valence-corrected chi connectivity index (χ3v) is 3.62. The second-order valence-corrected chi connectivity index (χ2v) is 5.63. The molecule has 1 N–H and O–H groups in total. The first-order valence-corrected chi connectivity index (χ1v) is 6.98. The fraction of sp³-hybridized carbons (Fsp3) is 1.00. The summed E-state index contributed by atoms with van der Waals surface area (Å²) >= 11 is 0. The van der Waals surface area contributed by atoms with Crippen molar-refractivity contribution in [3.63, 3.8) is 0 Å². The molecule has 0 amide bonds. The van der Waals surface area contributed by atoms with Crippen LogP contribution >= 0.6 is 0 Å². The van der Waals surface area contributed by atoms with Crippen molar-refractivity contribution in [2.45, 2.75) is 84.0 Å². The van der Waals surface area contributed by atoms with Gasteiger partial charge in [0.25, 0.3) is 0 Å². The molecule has 16 heavy (non-hydrogen) atoms. The Kier molecular flexibility index (Phi) is 5.77. The number of ether oxygens (including phenoxy) is 1. The Balaban J connectivity index is 2.11. The van der Waals surface area contributed by atoms with Crippen molar-refractivity contribution >= 4 is 0 Å². The molecule has 96 valence electrons. The van der Waals surface area contributed by atoms with Crippen LogP contribution in [0.4, 0.5) is 0 Å². The van der Waals surface area contributed by atoms with E-state index in [1.165, 1.54) is 38.5 Å². The average molecular weight is 227 g/mol. The van der Waals surface area contributed by atoms with Gasteiger partial charge in [0, 0.05) is 6.04 Å². The standard InChI is InChI=1S/C14H29NO/c1-5-12(15-6-2)8-7-9-13-10-11-14(3,4)16-13/h12-13,15H,5-11H2,1-4H3. The molecule has 0 spiro atoms. The molecule has 0 aromatic carbocycles. The fourth-order valence-electron chi connectivity index (χ4n) is 2.61. The minimum absolute atomic E-state index is 0.135. The Morgan fingerprint density at radius 3 is 2.62 bits per heavy atom. The maximum Gasteiger partial charge on any atom is 0.0631 e. The maximum absolute atomic E-state index is 6.00. The highest BCUT2D eigenvalue weighted by molar-refractivity contribution is 4.81. The molecule has 0 saturated carbocycles. The molecular weight excluding hydrogens is 198 g/mol. The van der Waals surface area contributed by atoms with E-state index in [9.17, 15) is 0 Å². The van der Waals surface area contributed by atoms with Crippen LogP contribution < -0.4 is 5.32 Å². The molecule has 2 atom stereocenters. The molecule has 1 heterocycles. The van der Waals surface area contributed by atoms with Gasteiger partial charge in [-0.3, -0.25) is 0 Å². The van der Waals surface area contributed by atoms with Crippen molar-refractivity contribution in [1.29, 1.82) is 0 Å². The third-order valence-electron chi connectivity index (χ3n) is 3.62. The summed E-state index contributed by atoms with van der Waals surface area (Å²) in [6.45, 7) is 9.96. The zero-order chi connectivity index (χ0) is 12.0. The van der Waals surface area contributed by atoms with Crippen molar-refractivity contribution in [3.8, 4) is 0 Å². The molecule has 1 aliphatic heterocycles. The highest BCUT2D eigenvalue weighted by atomic mass is 16.5. The maximum atomic E-state index is 6.00. The first-order chi connectivity index (χ1) is 7.57. The molecule has 2 nitrogen and oxygen atoms in total. The number of hydrogen-bond acceptors (Lipinski definition) is 2. The van der Waals surface area contributed by atoms with Crippen molar-refractivity contribution in [2.24, 2.45) is 0 Å². The van der Waals surface area contributed by atoms with Gasteiger partial charge < -0.3 is 10.1 Å². The molecule has 1 aliphatic rings. The summed E-state index contributed by atoms with van der Waals surface area (Å²) in [6.07, 6.45) is 8.08. The smallest absolute Gasteiger partial charge is 0.0631 e. The lowest BCUT2D eigenvalue weighted by molar-refractivity contribution is -0.0192. The second kappa shape index (κ2) is 6.61. The molecule has 2 heteroatoms.